The molecule has 5 nitrogen and oxygen atoms in total. The van der Waals surface area contributed by atoms with E-state index in [0.717, 1.165) is 16.7 Å². The van der Waals surface area contributed by atoms with E-state index in [9.17, 15) is 4.79 Å². The second-order valence-electron chi connectivity index (χ2n) is 4.99. The maximum absolute atomic E-state index is 11.4. The summed E-state index contributed by atoms with van der Waals surface area (Å²) in [5, 5.41) is 10.2. The fourth-order valence-electron chi connectivity index (χ4n) is 2.43. The molecule has 4 N–H and O–H groups in total. The Labute approximate surface area is 122 Å². The molecule has 1 aliphatic rings. The Morgan fingerprint density at radius 1 is 1.29 bits per heavy atom. The van der Waals surface area contributed by atoms with Crippen molar-refractivity contribution in [3.05, 3.63) is 41.5 Å². The molecule has 106 valence electrons. The summed E-state index contributed by atoms with van der Waals surface area (Å²) in [7, 11) is 0. The van der Waals surface area contributed by atoms with Crippen LogP contribution in [0.4, 0.5) is 11.4 Å². The molecule has 1 amide bonds. The Morgan fingerprint density at radius 3 is 2.86 bits per heavy atom. The first-order valence-corrected chi connectivity index (χ1v) is 6.56. The zero-order valence-corrected chi connectivity index (χ0v) is 11.6. The van der Waals surface area contributed by atoms with E-state index in [1.54, 1.807) is 6.07 Å². The molecule has 0 saturated carbocycles. The van der Waals surface area contributed by atoms with Crippen LogP contribution in [0.15, 0.2) is 30.3 Å². The fourth-order valence-corrected chi connectivity index (χ4v) is 2.43. The van der Waals surface area contributed by atoms with Gasteiger partial charge in [0.1, 0.15) is 5.75 Å². The molecule has 5 heteroatoms. The monoisotopic (exact) mass is 281 g/mol. The Hall–Kier alpha value is -2.82. The van der Waals surface area contributed by atoms with Crippen molar-refractivity contribution in [2.75, 3.05) is 17.7 Å². The van der Waals surface area contributed by atoms with Gasteiger partial charge in [-0.3, -0.25) is 4.79 Å². The molecule has 0 aliphatic carbocycles. The number of hydrogen-bond donors (Lipinski definition) is 3. The van der Waals surface area contributed by atoms with Crippen molar-refractivity contribution in [1.82, 2.24) is 0 Å². The second-order valence-corrected chi connectivity index (χ2v) is 4.99. The van der Waals surface area contributed by atoms with E-state index in [1.165, 1.54) is 6.21 Å². The van der Waals surface area contributed by atoms with Crippen LogP contribution in [-0.4, -0.2) is 18.7 Å². The van der Waals surface area contributed by atoms with E-state index < -0.39 is 0 Å². The number of nitrogens with two attached hydrogens (primary N) is 1. The number of fused-ring (bicyclic) bond motifs is 1. The standard InChI is InChI=1S/C16H15N3O2/c1-9-4-11(6-14-16(9)21-8-15(20)19-14)10-2-3-13(18)12(5-10)7-17/h2-7,17H,8,18H2,1H3,(H,19,20). The number of nitrogen functional groups attached to an aromatic ring is 1. The quantitative estimate of drug-likeness (QED) is 0.584. The van der Waals surface area contributed by atoms with Crippen molar-refractivity contribution in [2.24, 2.45) is 0 Å². The largest absolute Gasteiger partial charge is 0.481 e. The molecule has 0 saturated heterocycles. The molecule has 0 aromatic heterocycles. The first-order chi connectivity index (χ1) is 10.1. The van der Waals surface area contributed by atoms with E-state index in [0.29, 0.717) is 22.7 Å². The van der Waals surface area contributed by atoms with Crippen LogP contribution in [0.5, 0.6) is 5.75 Å². The predicted octanol–water partition coefficient (Wildman–Crippen LogP) is 2.57. The summed E-state index contributed by atoms with van der Waals surface area (Å²) >= 11 is 0. The first kappa shape index (κ1) is 13.2. The van der Waals surface area contributed by atoms with Crippen molar-refractivity contribution in [3.63, 3.8) is 0 Å². The lowest BCUT2D eigenvalue weighted by Crippen LogP contribution is -2.25. The average molecular weight is 281 g/mol. The number of benzene rings is 2. The Morgan fingerprint density at radius 2 is 2.10 bits per heavy atom. The van der Waals surface area contributed by atoms with E-state index in [-0.39, 0.29) is 12.5 Å². The van der Waals surface area contributed by atoms with E-state index in [1.807, 2.05) is 31.2 Å². The third kappa shape index (κ3) is 2.33. The Kier molecular flexibility index (Phi) is 3.10. The molecular weight excluding hydrogens is 266 g/mol. The van der Waals surface area contributed by atoms with Crippen LogP contribution >= 0.6 is 0 Å². The lowest BCUT2D eigenvalue weighted by molar-refractivity contribution is -0.118. The molecule has 21 heavy (non-hydrogen) atoms. The molecule has 0 atom stereocenters. The summed E-state index contributed by atoms with van der Waals surface area (Å²) in [6.45, 7) is 1.99. The Bertz CT molecular complexity index is 753. The number of carbonyl (C=O) groups excluding carboxylic acids is 1. The van der Waals surface area contributed by atoms with Gasteiger partial charge in [0, 0.05) is 17.5 Å². The maximum Gasteiger partial charge on any atom is 0.262 e. The minimum atomic E-state index is -0.156. The van der Waals surface area contributed by atoms with Crippen molar-refractivity contribution in [1.29, 1.82) is 5.41 Å². The van der Waals surface area contributed by atoms with E-state index in [4.69, 9.17) is 15.9 Å². The van der Waals surface area contributed by atoms with Crippen LogP contribution in [0.25, 0.3) is 11.1 Å². The lowest BCUT2D eigenvalue weighted by atomic mass is 9.99. The summed E-state index contributed by atoms with van der Waals surface area (Å²) in [6, 6.07) is 9.40. The molecule has 0 unspecified atom stereocenters. The van der Waals surface area contributed by atoms with Gasteiger partial charge in [-0.05, 0) is 47.9 Å². The number of aryl methyl sites for hydroxylation is 1. The number of amides is 1. The summed E-state index contributed by atoms with van der Waals surface area (Å²) in [5.41, 5.74) is 10.6. The van der Waals surface area contributed by atoms with Gasteiger partial charge in [0.05, 0.1) is 5.69 Å². The van der Waals surface area contributed by atoms with E-state index in [2.05, 4.69) is 5.32 Å². The van der Waals surface area contributed by atoms with Crippen LogP contribution in [0.1, 0.15) is 11.1 Å². The lowest BCUT2D eigenvalue weighted by Gasteiger charge is -2.21. The third-order valence-electron chi connectivity index (χ3n) is 3.47. The van der Waals surface area contributed by atoms with Crippen molar-refractivity contribution in [2.45, 2.75) is 6.92 Å². The van der Waals surface area contributed by atoms with Crippen molar-refractivity contribution >= 4 is 23.5 Å². The number of ether oxygens (including phenoxy) is 1. The van der Waals surface area contributed by atoms with Crippen LogP contribution in [0.3, 0.4) is 0 Å². The van der Waals surface area contributed by atoms with Crippen LogP contribution in [0.2, 0.25) is 0 Å². The molecule has 0 bridgehead atoms. The normalized spacial score (nSPS) is 13.1. The number of anilines is 2. The molecule has 1 heterocycles. The Balaban J connectivity index is 2.11. The first-order valence-electron chi connectivity index (χ1n) is 6.56. The molecule has 0 spiro atoms. The highest BCUT2D eigenvalue weighted by Crippen LogP contribution is 2.36. The van der Waals surface area contributed by atoms with Gasteiger partial charge in [-0.2, -0.15) is 0 Å². The molecule has 3 rings (SSSR count). The van der Waals surface area contributed by atoms with Gasteiger partial charge in [-0.15, -0.1) is 0 Å². The van der Waals surface area contributed by atoms with Gasteiger partial charge >= 0.3 is 0 Å². The number of hydrogen-bond acceptors (Lipinski definition) is 4. The van der Waals surface area contributed by atoms with Gasteiger partial charge in [-0.25, -0.2) is 0 Å². The molecule has 2 aromatic rings. The number of carbonyl (C=O) groups is 1. The van der Waals surface area contributed by atoms with Gasteiger partial charge in [0.25, 0.3) is 5.91 Å². The van der Waals surface area contributed by atoms with Crippen molar-refractivity contribution in [3.8, 4) is 16.9 Å². The summed E-state index contributed by atoms with van der Waals surface area (Å²) < 4.78 is 5.45. The van der Waals surface area contributed by atoms with Crippen molar-refractivity contribution < 1.29 is 9.53 Å². The third-order valence-corrected chi connectivity index (χ3v) is 3.47. The molecular formula is C16H15N3O2. The SMILES string of the molecule is Cc1cc(-c2ccc(N)c(C=N)c2)cc2c1OCC(=O)N2. The number of nitrogens with one attached hydrogen (secondary N) is 2. The van der Waals surface area contributed by atoms with Gasteiger partial charge in [0.15, 0.2) is 6.61 Å². The topological polar surface area (TPSA) is 88.2 Å². The molecule has 2 aromatic carbocycles. The second kappa shape index (κ2) is 4.94. The minimum Gasteiger partial charge on any atom is -0.481 e. The van der Waals surface area contributed by atoms with Crippen LogP contribution in [0, 0.1) is 12.3 Å². The molecule has 1 aliphatic heterocycles. The maximum atomic E-state index is 11.4. The minimum absolute atomic E-state index is 0.0486. The highest BCUT2D eigenvalue weighted by molar-refractivity contribution is 5.97. The predicted molar refractivity (Wildman–Crippen MR) is 83.0 cm³/mol. The van der Waals surface area contributed by atoms with Gasteiger partial charge < -0.3 is 21.2 Å². The molecule has 0 radical (unpaired) electrons. The van der Waals surface area contributed by atoms with Crippen LogP contribution in [-0.2, 0) is 4.79 Å². The smallest absolute Gasteiger partial charge is 0.262 e. The zero-order valence-electron chi connectivity index (χ0n) is 11.6. The van der Waals surface area contributed by atoms with Gasteiger partial charge in [0.2, 0.25) is 0 Å². The summed E-state index contributed by atoms with van der Waals surface area (Å²) in [5.74, 6) is 0.553. The van der Waals surface area contributed by atoms with Crippen LogP contribution < -0.4 is 15.8 Å². The average Bonchev–Trinajstić information content (AvgIpc) is 2.47. The zero-order chi connectivity index (χ0) is 15.0. The van der Waals surface area contributed by atoms with E-state index >= 15 is 0 Å². The highest BCUT2D eigenvalue weighted by Gasteiger charge is 2.19. The highest BCUT2D eigenvalue weighted by atomic mass is 16.5. The molecule has 0 fully saturated rings. The van der Waals surface area contributed by atoms with Gasteiger partial charge in [-0.1, -0.05) is 6.07 Å². The fraction of sp³-hybridized carbons (Fsp3) is 0.125. The summed E-state index contributed by atoms with van der Waals surface area (Å²) in [6.07, 6.45) is 1.23. The summed E-state index contributed by atoms with van der Waals surface area (Å²) in [4.78, 5) is 11.4. The number of rotatable bonds is 2.